The van der Waals surface area contributed by atoms with E-state index in [4.69, 9.17) is 11.6 Å². The third kappa shape index (κ3) is 3.50. The van der Waals surface area contributed by atoms with Gasteiger partial charge in [0.05, 0.1) is 23.0 Å². The van der Waals surface area contributed by atoms with Crippen LogP contribution in [-0.2, 0) is 13.6 Å². The zero-order valence-electron chi connectivity index (χ0n) is 15.5. The first-order chi connectivity index (χ1) is 12.8. The van der Waals surface area contributed by atoms with Gasteiger partial charge in [-0.3, -0.25) is 9.58 Å². The number of carbonyl (C=O) groups is 1. The number of amides is 1. The summed E-state index contributed by atoms with van der Waals surface area (Å²) in [5.41, 5.74) is 1.29. The molecule has 0 unspecified atom stereocenters. The van der Waals surface area contributed by atoms with Crippen molar-refractivity contribution in [1.82, 2.24) is 29.6 Å². The molecule has 0 aliphatic rings. The van der Waals surface area contributed by atoms with Gasteiger partial charge < -0.3 is 0 Å². The molecule has 0 aliphatic heterocycles. The molecule has 0 saturated heterocycles. The van der Waals surface area contributed by atoms with Crippen LogP contribution < -0.4 is 10.6 Å². The number of benzene rings is 1. The molecule has 0 aliphatic carbocycles. The van der Waals surface area contributed by atoms with E-state index in [9.17, 15) is 9.59 Å². The van der Waals surface area contributed by atoms with Crippen LogP contribution >= 0.6 is 11.6 Å². The van der Waals surface area contributed by atoms with Crippen molar-refractivity contribution in [1.29, 1.82) is 0 Å². The smallest absolute Gasteiger partial charge is 0.290 e. The summed E-state index contributed by atoms with van der Waals surface area (Å²) in [7, 11) is 1.73. The Labute approximate surface area is 160 Å². The maximum atomic E-state index is 12.9. The van der Waals surface area contributed by atoms with Crippen LogP contribution in [0.5, 0.6) is 0 Å². The van der Waals surface area contributed by atoms with E-state index < -0.39 is 11.7 Å². The van der Waals surface area contributed by atoms with E-state index in [1.54, 1.807) is 30.8 Å². The van der Waals surface area contributed by atoms with E-state index in [-0.39, 0.29) is 12.6 Å². The van der Waals surface area contributed by atoms with Crippen molar-refractivity contribution >= 4 is 23.3 Å². The SMILES string of the molecule is Cc1nn(C)c(Cn2nnn(C(=O)N(c3ccccc3)C(C)C)c2=O)c1Cl. The summed E-state index contributed by atoms with van der Waals surface area (Å²) in [6, 6.07) is 8.35. The number of hydrogen-bond acceptors (Lipinski definition) is 5. The lowest BCUT2D eigenvalue weighted by Gasteiger charge is -2.25. The maximum Gasteiger partial charge on any atom is 0.372 e. The summed E-state index contributed by atoms with van der Waals surface area (Å²) in [5.74, 6) is 0. The lowest BCUT2D eigenvalue weighted by atomic mass is 10.2. The van der Waals surface area contributed by atoms with Crippen molar-refractivity contribution in [3.05, 3.63) is 57.2 Å². The van der Waals surface area contributed by atoms with Crippen LogP contribution in [0.4, 0.5) is 10.5 Å². The van der Waals surface area contributed by atoms with Crippen LogP contribution in [0.1, 0.15) is 25.2 Å². The average Bonchev–Trinajstić information content (AvgIpc) is 3.10. The van der Waals surface area contributed by atoms with Gasteiger partial charge in [-0.2, -0.15) is 9.78 Å². The van der Waals surface area contributed by atoms with Gasteiger partial charge in [-0.25, -0.2) is 9.59 Å². The van der Waals surface area contributed by atoms with Gasteiger partial charge in [0.1, 0.15) is 0 Å². The monoisotopic (exact) mass is 389 g/mol. The van der Waals surface area contributed by atoms with E-state index in [1.807, 2.05) is 32.0 Å². The molecule has 0 spiro atoms. The highest BCUT2D eigenvalue weighted by molar-refractivity contribution is 6.31. The van der Waals surface area contributed by atoms with Gasteiger partial charge in [-0.1, -0.05) is 29.8 Å². The van der Waals surface area contributed by atoms with Gasteiger partial charge in [0.2, 0.25) is 0 Å². The number of aryl methyl sites for hydroxylation is 2. The van der Waals surface area contributed by atoms with Crippen molar-refractivity contribution in [3.63, 3.8) is 0 Å². The van der Waals surface area contributed by atoms with Gasteiger partial charge >= 0.3 is 11.7 Å². The molecule has 0 fully saturated rings. The van der Waals surface area contributed by atoms with Gasteiger partial charge in [-0.05, 0) is 43.3 Å². The van der Waals surface area contributed by atoms with Gasteiger partial charge in [0.25, 0.3) is 0 Å². The zero-order chi connectivity index (χ0) is 19.7. The number of anilines is 1. The predicted molar refractivity (Wildman–Crippen MR) is 101 cm³/mol. The summed E-state index contributed by atoms with van der Waals surface area (Å²) < 4.78 is 3.42. The maximum absolute atomic E-state index is 12.9. The molecule has 27 heavy (non-hydrogen) atoms. The molecule has 9 nitrogen and oxygen atoms in total. The molecule has 1 amide bonds. The number of aromatic nitrogens is 6. The number of rotatable bonds is 4. The zero-order valence-corrected chi connectivity index (χ0v) is 16.3. The Hall–Kier alpha value is -2.94. The number of carbonyl (C=O) groups excluding carboxylic acids is 1. The lowest BCUT2D eigenvalue weighted by molar-refractivity contribution is 0.242. The fourth-order valence-corrected chi connectivity index (χ4v) is 3.03. The fraction of sp³-hybridized carbons (Fsp3) is 0.353. The summed E-state index contributed by atoms with van der Waals surface area (Å²) in [6.45, 7) is 5.56. The Morgan fingerprint density at radius 1 is 1.22 bits per heavy atom. The van der Waals surface area contributed by atoms with Crippen LogP contribution in [0.15, 0.2) is 35.1 Å². The van der Waals surface area contributed by atoms with E-state index in [1.165, 1.54) is 4.90 Å². The molecule has 2 heterocycles. The van der Waals surface area contributed by atoms with E-state index in [2.05, 4.69) is 15.5 Å². The van der Waals surface area contributed by atoms with Crippen molar-refractivity contribution in [3.8, 4) is 0 Å². The average molecular weight is 390 g/mol. The topological polar surface area (TPSA) is 90.8 Å². The van der Waals surface area contributed by atoms with Gasteiger partial charge in [-0.15, -0.1) is 4.68 Å². The normalized spacial score (nSPS) is 11.2. The fourth-order valence-electron chi connectivity index (χ4n) is 2.81. The number of nitrogens with zero attached hydrogens (tertiary/aromatic N) is 7. The molecule has 10 heteroatoms. The molecule has 1 aromatic carbocycles. The molecule has 0 radical (unpaired) electrons. The standard InChI is InChI=1S/C17H20ClN7O2/c1-11(2)24(13-8-6-5-7-9-13)17(27)25-16(26)23(20-21-25)10-14-15(18)12(3)19-22(14)4/h5-9,11H,10H2,1-4H3. The molecule has 0 bridgehead atoms. The Kier molecular flexibility index (Phi) is 5.13. The first-order valence-corrected chi connectivity index (χ1v) is 8.78. The number of halogens is 1. The van der Waals surface area contributed by atoms with Gasteiger partial charge in [0.15, 0.2) is 0 Å². The summed E-state index contributed by atoms with van der Waals surface area (Å²) >= 11 is 6.23. The molecule has 2 aromatic heterocycles. The highest BCUT2D eigenvalue weighted by Crippen LogP contribution is 2.20. The molecule has 3 rings (SSSR count). The molecule has 0 N–H and O–H groups in total. The quantitative estimate of drug-likeness (QED) is 0.637. The molecule has 3 aromatic rings. The van der Waals surface area contributed by atoms with Crippen LogP contribution in [0, 0.1) is 6.92 Å². The van der Waals surface area contributed by atoms with Crippen LogP contribution in [0.2, 0.25) is 5.02 Å². The largest absolute Gasteiger partial charge is 0.372 e. The minimum atomic E-state index is -0.642. The third-order valence-electron chi connectivity index (χ3n) is 4.14. The van der Waals surface area contributed by atoms with Crippen LogP contribution in [0.3, 0.4) is 0 Å². The Morgan fingerprint density at radius 3 is 2.44 bits per heavy atom. The molecular formula is C17H20ClN7O2. The first kappa shape index (κ1) is 18.8. The first-order valence-electron chi connectivity index (χ1n) is 8.40. The second kappa shape index (κ2) is 7.36. The Balaban J connectivity index is 1.94. The summed E-state index contributed by atoms with van der Waals surface area (Å²) in [4.78, 5) is 27.1. The minimum absolute atomic E-state index is 0.0648. The molecular weight excluding hydrogens is 370 g/mol. The highest BCUT2D eigenvalue weighted by Gasteiger charge is 2.25. The van der Waals surface area contributed by atoms with E-state index in [0.29, 0.717) is 22.1 Å². The molecule has 142 valence electrons. The summed E-state index contributed by atoms with van der Waals surface area (Å²) in [5, 5.41) is 12.3. The second-order valence-electron chi connectivity index (χ2n) is 6.38. The van der Waals surface area contributed by atoms with Crippen LogP contribution in [0.25, 0.3) is 0 Å². The van der Waals surface area contributed by atoms with Gasteiger partial charge in [0, 0.05) is 18.8 Å². The third-order valence-corrected chi connectivity index (χ3v) is 4.63. The Bertz CT molecular complexity index is 1020. The van der Waals surface area contributed by atoms with E-state index in [0.717, 1.165) is 9.36 Å². The minimum Gasteiger partial charge on any atom is -0.290 e. The van der Waals surface area contributed by atoms with Crippen molar-refractivity contribution in [2.45, 2.75) is 33.4 Å². The number of para-hydroxylation sites is 1. The number of hydrogen-bond donors (Lipinski definition) is 0. The highest BCUT2D eigenvalue weighted by atomic mass is 35.5. The Morgan fingerprint density at radius 2 is 1.89 bits per heavy atom. The number of tetrazole rings is 1. The molecule has 0 atom stereocenters. The predicted octanol–water partition coefficient (Wildman–Crippen LogP) is 2.07. The molecule has 0 saturated carbocycles. The van der Waals surface area contributed by atoms with Crippen molar-refractivity contribution in [2.24, 2.45) is 7.05 Å². The lowest BCUT2D eigenvalue weighted by Crippen LogP contribution is -2.44. The van der Waals surface area contributed by atoms with Crippen molar-refractivity contribution < 1.29 is 4.79 Å². The van der Waals surface area contributed by atoms with E-state index >= 15 is 0 Å². The second-order valence-corrected chi connectivity index (χ2v) is 6.76. The van der Waals surface area contributed by atoms with Crippen molar-refractivity contribution in [2.75, 3.05) is 4.90 Å². The summed E-state index contributed by atoms with van der Waals surface area (Å²) in [6.07, 6.45) is 0. The van der Waals surface area contributed by atoms with Crippen LogP contribution in [-0.4, -0.2) is 41.6 Å².